The Kier molecular flexibility index (Phi) is 10.7. The molecule has 1 unspecified atom stereocenters. The number of amides is 3. The molecule has 1 aliphatic heterocycles. The van der Waals surface area contributed by atoms with Crippen LogP contribution in [0.2, 0.25) is 0 Å². The zero-order valence-corrected chi connectivity index (χ0v) is 21.9. The van der Waals surface area contributed by atoms with Crippen molar-refractivity contribution in [1.29, 1.82) is 0 Å². The Morgan fingerprint density at radius 2 is 1.67 bits per heavy atom. The summed E-state index contributed by atoms with van der Waals surface area (Å²) in [6.45, 7) is 0.444. The molecule has 1 aliphatic rings. The van der Waals surface area contributed by atoms with E-state index in [1.165, 1.54) is 6.08 Å². The Balaban J connectivity index is 1.81. The Morgan fingerprint density at radius 3 is 2.28 bits per heavy atom. The molecule has 0 saturated carbocycles. The molecule has 0 aliphatic carbocycles. The lowest BCUT2D eigenvalue weighted by Gasteiger charge is -2.31. The molecule has 0 aromatic heterocycles. The third-order valence-electron chi connectivity index (χ3n) is 6.34. The van der Waals surface area contributed by atoms with Gasteiger partial charge in [0.25, 0.3) is 5.78 Å². The second-order valence-electron chi connectivity index (χ2n) is 9.28. The molecular weight excluding hydrogens is 531 g/mol. The van der Waals surface area contributed by atoms with E-state index in [1.807, 2.05) is 6.07 Å². The van der Waals surface area contributed by atoms with Crippen LogP contribution in [-0.4, -0.2) is 53.6 Å². The minimum atomic E-state index is -5.18. The minimum absolute atomic E-state index is 0.0404. The van der Waals surface area contributed by atoms with E-state index in [4.69, 9.17) is 0 Å². The van der Waals surface area contributed by atoms with Gasteiger partial charge in [-0.15, -0.1) is 0 Å². The Bertz CT molecular complexity index is 1180. The number of benzene rings is 2. The van der Waals surface area contributed by atoms with Gasteiger partial charge in [-0.3, -0.25) is 19.2 Å². The van der Waals surface area contributed by atoms with Gasteiger partial charge in [0.1, 0.15) is 6.04 Å². The average Bonchev–Trinajstić information content (AvgIpc) is 2.92. The smallest absolute Gasteiger partial charge is 0.356 e. The lowest BCUT2D eigenvalue weighted by Crippen LogP contribution is -2.55. The molecular formula is C28H30F3N3O4S. The molecule has 7 nitrogen and oxygen atoms in total. The molecule has 3 amide bonds. The minimum Gasteiger partial charge on any atom is -0.356 e. The van der Waals surface area contributed by atoms with Crippen molar-refractivity contribution < 1.29 is 32.3 Å². The van der Waals surface area contributed by atoms with E-state index in [-0.39, 0.29) is 18.7 Å². The molecule has 2 aromatic carbocycles. The summed E-state index contributed by atoms with van der Waals surface area (Å²) in [4.78, 5) is 50.4. The number of Topliss-reactive ketones (excluding diaryl/α,β-unsaturated/α-hetero) is 1. The molecule has 11 heteroatoms. The highest BCUT2D eigenvalue weighted by atomic mass is 32.1. The van der Waals surface area contributed by atoms with Crippen LogP contribution in [0.25, 0.3) is 6.08 Å². The molecule has 4 atom stereocenters. The number of alkyl halides is 3. The number of carbonyl (C=O) groups is 4. The van der Waals surface area contributed by atoms with Gasteiger partial charge in [-0.1, -0.05) is 60.7 Å². The maximum atomic E-state index is 13.4. The number of ketones is 1. The molecule has 2 aromatic rings. The van der Waals surface area contributed by atoms with Crippen molar-refractivity contribution in [3.05, 3.63) is 77.9 Å². The molecule has 0 radical (unpaired) electrons. The van der Waals surface area contributed by atoms with Crippen molar-refractivity contribution in [2.45, 2.75) is 49.2 Å². The third-order valence-corrected chi connectivity index (χ3v) is 6.93. The summed E-state index contributed by atoms with van der Waals surface area (Å²) in [5.74, 6) is -4.57. The fraction of sp³-hybridized carbons (Fsp3) is 0.357. The number of piperidine rings is 1. The SMILES string of the molecule is O=C(/C=C/c1ccccc1)N[C@@H](Cc1ccccc1)C(=O)N[C@@H](C[C@H]1CCCNC1=O)C(S)C(=O)C(F)(F)F. The van der Waals surface area contributed by atoms with Crippen LogP contribution >= 0.6 is 12.6 Å². The highest BCUT2D eigenvalue weighted by molar-refractivity contribution is 7.81. The van der Waals surface area contributed by atoms with Crippen LogP contribution < -0.4 is 16.0 Å². The van der Waals surface area contributed by atoms with Gasteiger partial charge in [-0.25, -0.2) is 0 Å². The summed E-state index contributed by atoms with van der Waals surface area (Å²) in [5.41, 5.74) is 1.45. The predicted molar refractivity (Wildman–Crippen MR) is 144 cm³/mol. The van der Waals surface area contributed by atoms with E-state index in [2.05, 4.69) is 28.6 Å². The second kappa shape index (κ2) is 14.0. The first-order valence-corrected chi connectivity index (χ1v) is 13.0. The number of thiol groups is 1. The molecule has 1 heterocycles. The highest BCUT2D eigenvalue weighted by Crippen LogP contribution is 2.26. The fourth-order valence-corrected chi connectivity index (χ4v) is 4.62. The molecule has 0 bridgehead atoms. The number of carbonyl (C=O) groups excluding carboxylic acids is 4. The van der Waals surface area contributed by atoms with Gasteiger partial charge in [0.2, 0.25) is 17.7 Å². The van der Waals surface area contributed by atoms with Crippen molar-refractivity contribution in [3.63, 3.8) is 0 Å². The summed E-state index contributed by atoms with van der Waals surface area (Å²) in [6.07, 6.45) is -1.53. The second-order valence-corrected chi connectivity index (χ2v) is 9.84. The van der Waals surface area contributed by atoms with Crippen molar-refractivity contribution in [2.75, 3.05) is 6.54 Å². The Labute approximate surface area is 230 Å². The number of nitrogens with one attached hydrogen (secondary N) is 3. The van der Waals surface area contributed by atoms with E-state index in [0.717, 1.165) is 5.56 Å². The van der Waals surface area contributed by atoms with E-state index in [9.17, 15) is 32.3 Å². The first-order valence-electron chi connectivity index (χ1n) is 12.5. The third kappa shape index (κ3) is 9.27. The maximum Gasteiger partial charge on any atom is 0.451 e. The van der Waals surface area contributed by atoms with Gasteiger partial charge in [0.15, 0.2) is 0 Å². The van der Waals surface area contributed by atoms with Crippen molar-refractivity contribution in [3.8, 4) is 0 Å². The lowest BCUT2D eigenvalue weighted by atomic mass is 9.89. The summed E-state index contributed by atoms with van der Waals surface area (Å²) in [7, 11) is 0. The van der Waals surface area contributed by atoms with Gasteiger partial charge >= 0.3 is 6.18 Å². The zero-order chi connectivity index (χ0) is 28.4. The van der Waals surface area contributed by atoms with Gasteiger partial charge in [-0.2, -0.15) is 25.8 Å². The Hall–Kier alpha value is -3.60. The average molecular weight is 562 g/mol. The van der Waals surface area contributed by atoms with Crippen LogP contribution in [0.4, 0.5) is 13.2 Å². The van der Waals surface area contributed by atoms with Gasteiger partial charge in [0, 0.05) is 31.0 Å². The molecule has 0 spiro atoms. The largest absolute Gasteiger partial charge is 0.451 e. The fourth-order valence-electron chi connectivity index (χ4n) is 4.28. The number of hydrogen-bond acceptors (Lipinski definition) is 5. The van der Waals surface area contributed by atoms with Gasteiger partial charge in [0.05, 0.1) is 5.25 Å². The first-order chi connectivity index (χ1) is 18.5. The molecule has 3 N–H and O–H groups in total. The summed E-state index contributed by atoms with van der Waals surface area (Å²) >= 11 is 3.91. The van der Waals surface area contributed by atoms with Crippen LogP contribution in [0.5, 0.6) is 0 Å². The van der Waals surface area contributed by atoms with Crippen LogP contribution in [-0.2, 0) is 25.6 Å². The highest BCUT2D eigenvalue weighted by Gasteiger charge is 2.46. The summed E-state index contributed by atoms with van der Waals surface area (Å²) in [5, 5.41) is 5.80. The predicted octanol–water partition coefficient (Wildman–Crippen LogP) is 3.26. The zero-order valence-electron chi connectivity index (χ0n) is 21.0. The van der Waals surface area contributed by atoms with Crippen molar-refractivity contribution >= 4 is 42.2 Å². The maximum absolute atomic E-state index is 13.4. The quantitative estimate of drug-likeness (QED) is 0.250. The topological polar surface area (TPSA) is 104 Å². The standard InChI is InChI=1S/C28H30F3N3O4S/c29-28(30,31)25(36)24(39)21(17-20-12-7-15-32-26(20)37)34-27(38)22(16-19-10-5-2-6-11-19)33-23(35)14-13-18-8-3-1-4-9-18/h1-6,8-11,13-14,20-22,24,39H,7,12,15-17H2,(H,32,37)(H,33,35)(H,34,38)/b14-13+/t20-,21+,22+,24?/m1/s1. The first kappa shape index (κ1) is 29.9. The van der Waals surface area contributed by atoms with Crippen LogP contribution in [0.1, 0.15) is 30.4 Å². The normalized spacial score (nSPS) is 18.1. The van der Waals surface area contributed by atoms with Gasteiger partial charge in [-0.05, 0) is 36.5 Å². The monoisotopic (exact) mass is 561 g/mol. The Morgan fingerprint density at radius 1 is 1.03 bits per heavy atom. The van der Waals surface area contributed by atoms with Crippen LogP contribution in [0, 0.1) is 5.92 Å². The van der Waals surface area contributed by atoms with Crippen LogP contribution in [0.3, 0.4) is 0 Å². The molecule has 1 fully saturated rings. The van der Waals surface area contributed by atoms with E-state index >= 15 is 0 Å². The number of rotatable bonds is 11. The lowest BCUT2D eigenvalue weighted by molar-refractivity contribution is -0.171. The molecule has 39 heavy (non-hydrogen) atoms. The van der Waals surface area contributed by atoms with E-state index < -0.39 is 47.0 Å². The van der Waals surface area contributed by atoms with Crippen molar-refractivity contribution in [1.82, 2.24) is 16.0 Å². The van der Waals surface area contributed by atoms with E-state index in [0.29, 0.717) is 24.9 Å². The summed E-state index contributed by atoms with van der Waals surface area (Å²) < 4.78 is 39.7. The number of halogens is 3. The molecule has 208 valence electrons. The summed E-state index contributed by atoms with van der Waals surface area (Å²) in [6, 6.07) is 15.2. The molecule has 3 rings (SSSR count). The van der Waals surface area contributed by atoms with Crippen molar-refractivity contribution in [2.24, 2.45) is 5.92 Å². The van der Waals surface area contributed by atoms with Gasteiger partial charge < -0.3 is 16.0 Å². The van der Waals surface area contributed by atoms with Crippen LogP contribution in [0.15, 0.2) is 66.7 Å². The molecule has 1 saturated heterocycles. The number of hydrogen-bond donors (Lipinski definition) is 4. The van der Waals surface area contributed by atoms with E-state index in [1.54, 1.807) is 60.7 Å².